The van der Waals surface area contributed by atoms with E-state index >= 15 is 0 Å². The average molecular weight is 389 g/mol. The summed E-state index contributed by atoms with van der Waals surface area (Å²) in [6.07, 6.45) is 8.01. The normalized spacial score (nSPS) is 10.8. The molecule has 2 nitrogen and oxygen atoms in total. The van der Waals surface area contributed by atoms with Gasteiger partial charge in [-0.15, -0.1) is 17.8 Å². The lowest BCUT2D eigenvalue weighted by molar-refractivity contribution is 1.11. The van der Waals surface area contributed by atoms with E-state index in [1.54, 1.807) is 29.4 Å². The van der Waals surface area contributed by atoms with E-state index < -0.39 is 0 Å². The van der Waals surface area contributed by atoms with E-state index in [-0.39, 0.29) is 0 Å². The van der Waals surface area contributed by atoms with Crippen LogP contribution in [0.5, 0.6) is 0 Å². The minimum Gasteiger partial charge on any atom is -0.229 e. The molecule has 0 unspecified atom stereocenters. The van der Waals surface area contributed by atoms with Gasteiger partial charge in [0.2, 0.25) is 0 Å². The van der Waals surface area contributed by atoms with E-state index in [9.17, 15) is 0 Å². The Kier molecular flexibility index (Phi) is 4.82. The number of rotatable bonds is 4. The standard InChI is InChI=1S/C17H13BrN2S2/c1-3-9-21-16-15-14(11-5-7-12(18)8-6-11)13(4-2)22-17(15)20-10-19-16/h1,5-8,10H,4,9H2,2H3. The summed E-state index contributed by atoms with van der Waals surface area (Å²) in [4.78, 5) is 11.3. The summed E-state index contributed by atoms with van der Waals surface area (Å²) in [5.74, 6) is 3.28. The molecule has 0 fully saturated rings. The van der Waals surface area contributed by atoms with Crippen molar-refractivity contribution in [1.82, 2.24) is 9.97 Å². The molecule has 22 heavy (non-hydrogen) atoms. The number of hydrogen-bond donors (Lipinski definition) is 0. The number of nitrogens with zero attached hydrogens (tertiary/aromatic N) is 2. The molecule has 0 radical (unpaired) electrons. The van der Waals surface area contributed by atoms with Crippen molar-refractivity contribution in [2.24, 2.45) is 0 Å². The van der Waals surface area contributed by atoms with Crippen molar-refractivity contribution in [3.8, 4) is 23.5 Å². The number of thioether (sulfide) groups is 1. The van der Waals surface area contributed by atoms with Gasteiger partial charge in [0.1, 0.15) is 16.2 Å². The Balaban J connectivity index is 2.26. The van der Waals surface area contributed by atoms with Crippen LogP contribution in [0.4, 0.5) is 0 Å². The van der Waals surface area contributed by atoms with Crippen molar-refractivity contribution in [2.75, 3.05) is 5.75 Å². The van der Waals surface area contributed by atoms with Crippen LogP contribution in [0.15, 0.2) is 40.1 Å². The number of hydrogen-bond acceptors (Lipinski definition) is 4. The Bertz CT molecular complexity index is 847. The molecule has 3 aromatic rings. The highest BCUT2D eigenvalue weighted by atomic mass is 79.9. The predicted octanol–water partition coefficient (Wildman–Crippen LogP) is 5.41. The first-order valence-electron chi connectivity index (χ1n) is 6.83. The largest absolute Gasteiger partial charge is 0.229 e. The molecule has 1 aromatic carbocycles. The van der Waals surface area contributed by atoms with Crippen LogP contribution in [0, 0.1) is 12.3 Å². The fourth-order valence-corrected chi connectivity index (χ4v) is 4.46. The lowest BCUT2D eigenvalue weighted by Gasteiger charge is -2.06. The highest BCUT2D eigenvalue weighted by molar-refractivity contribution is 9.10. The van der Waals surface area contributed by atoms with Crippen molar-refractivity contribution >= 4 is 49.2 Å². The van der Waals surface area contributed by atoms with Gasteiger partial charge in [0.05, 0.1) is 11.1 Å². The number of aryl methyl sites for hydroxylation is 1. The summed E-state index contributed by atoms with van der Waals surface area (Å²) in [7, 11) is 0. The van der Waals surface area contributed by atoms with E-state index in [1.807, 2.05) is 0 Å². The SMILES string of the molecule is C#CCSc1ncnc2sc(CC)c(-c3ccc(Br)cc3)c12. The molecule has 3 rings (SSSR count). The van der Waals surface area contributed by atoms with Gasteiger partial charge in [-0.3, -0.25) is 0 Å². The van der Waals surface area contributed by atoms with E-state index in [2.05, 4.69) is 63.0 Å². The highest BCUT2D eigenvalue weighted by Gasteiger charge is 2.18. The zero-order chi connectivity index (χ0) is 15.5. The van der Waals surface area contributed by atoms with Crippen molar-refractivity contribution in [1.29, 1.82) is 0 Å². The molecule has 110 valence electrons. The van der Waals surface area contributed by atoms with Crippen LogP contribution in [0.25, 0.3) is 21.3 Å². The molecule has 0 aliphatic heterocycles. The minimum absolute atomic E-state index is 0.614. The Morgan fingerprint density at radius 2 is 2.05 bits per heavy atom. The monoisotopic (exact) mass is 388 g/mol. The second-order valence-corrected chi connectivity index (χ2v) is 7.58. The number of fused-ring (bicyclic) bond motifs is 1. The smallest absolute Gasteiger partial charge is 0.128 e. The number of thiophene rings is 1. The molecule has 0 amide bonds. The molecule has 2 heterocycles. The van der Waals surface area contributed by atoms with Gasteiger partial charge < -0.3 is 0 Å². The number of terminal acetylenes is 1. The second kappa shape index (κ2) is 6.82. The van der Waals surface area contributed by atoms with Crippen LogP contribution in [-0.2, 0) is 6.42 Å². The van der Waals surface area contributed by atoms with Crippen LogP contribution in [0.3, 0.4) is 0 Å². The van der Waals surface area contributed by atoms with Gasteiger partial charge in [0, 0.05) is 14.9 Å². The third kappa shape index (κ3) is 2.91. The van der Waals surface area contributed by atoms with Crippen LogP contribution in [0.1, 0.15) is 11.8 Å². The maximum Gasteiger partial charge on any atom is 0.128 e. The number of halogens is 1. The highest BCUT2D eigenvalue weighted by Crippen LogP contribution is 2.42. The Hall–Kier alpha value is -1.35. The van der Waals surface area contributed by atoms with Crippen LogP contribution in [-0.4, -0.2) is 15.7 Å². The lowest BCUT2D eigenvalue weighted by Crippen LogP contribution is -1.88. The summed E-state index contributed by atoms with van der Waals surface area (Å²) >= 11 is 6.83. The molecule has 0 atom stereocenters. The molecule has 0 saturated carbocycles. The van der Waals surface area contributed by atoms with Gasteiger partial charge >= 0.3 is 0 Å². The maximum absolute atomic E-state index is 5.40. The summed E-state index contributed by atoms with van der Waals surface area (Å²) < 4.78 is 1.08. The first-order valence-corrected chi connectivity index (χ1v) is 9.42. The van der Waals surface area contributed by atoms with E-state index in [0.29, 0.717) is 5.75 Å². The summed E-state index contributed by atoms with van der Waals surface area (Å²) in [5, 5.41) is 2.10. The van der Waals surface area contributed by atoms with Gasteiger partial charge in [0.15, 0.2) is 0 Å². The fraction of sp³-hybridized carbons (Fsp3) is 0.176. The minimum atomic E-state index is 0.614. The topological polar surface area (TPSA) is 25.8 Å². The molecule has 0 saturated heterocycles. The zero-order valence-corrected chi connectivity index (χ0v) is 15.2. The van der Waals surface area contributed by atoms with Gasteiger partial charge in [-0.05, 0) is 24.1 Å². The first-order chi connectivity index (χ1) is 10.7. The zero-order valence-electron chi connectivity index (χ0n) is 12.0. The molecule has 0 spiro atoms. The van der Waals surface area contributed by atoms with Crippen molar-refractivity contribution in [3.63, 3.8) is 0 Å². The summed E-state index contributed by atoms with van der Waals surface area (Å²) in [6, 6.07) is 8.40. The molecule has 5 heteroatoms. The van der Waals surface area contributed by atoms with E-state index in [4.69, 9.17) is 6.42 Å². The predicted molar refractivity (Wildman–Crippen MR) is 99.5 cm³/mol. The van der Waals surface area contributed by atoms with Crippen molar-refractivity contribution in [2.45, 2.75) is 18.4 Å². The molecule has 0 aliphatic carbocycles. The number of benzene rings is 1. The molecular formula is C17H13BrN2S2. The summed E-state index contributed by atoms with van der Waals surface area (Å²) in [5.41, 5.74) is 2.44. The third-order valence-corrected chi connectivity index (χ3v) is 5.94. The van der Waals surface area contributed by atoms with Crippen LogP contribution in [0.2, 0.25) is 0 Å². The molecular weight excluding hydrogens is 376 g/mol. The van der Waals surface area contributed by atoms with Gasteiger partial charge in [-0.25, -0.2) is 9.97 Å². The Morgan fingerprint density at radius 3 is 2.73 bits per heavy atom. The molecule has 0 bridgehead atoms. The fourth-order valence-electron chi connectivity index (χ4n) is 2.34. The van der Waals surface area contributed by atoms with Gasteiger partial charge in [0.25, 0.3) is 0 Å². The van der Waals surface area contributed by atoms with Gasteiger partial charge in [-0.1, -0.05) is 52.7 Å². The summed E-state index contributed by atoms with van der Waals surface area (Å²) in [6.45, 7) is 2.18. The maximum atomic E-state index is 5.40. The number of aromatic nitrogens is 2. The van der Waals surface area contributed by atoms with Crippen LogP contribution >= 0.6 is 39.0 Å². The van der Waals surface area contributed by atoms with Gasteiger partial charge in [-0.2, -0.15) is 0 Å². The molecule has 2 aromatic heterocycles. The Labute approximate surface area is 146 Å². The second-order valence-electron chi connectivity index (χ2n) is 4.61. The van der Waals surface area contributed by atoms with Crippen molar-refractivity contribution < 1.29 is 0 Å². The third-order valence-electron chi connectivity index (χ3n) is 3.27. The first kappa shape index (κ1) is 15.5. The van der Waals surface area contributed by atoms with Crippen molar-refractivity contribution in [3.05, 3.63) is 39.9 Å². The Morgan fingerprint density at radius 1 is 1.27 bits per heavy atom. The van der Waals surface area contributed by atoms with E-state index in [0.717, 1.165) is 26.1 Å². The quantitative estimate of drug-likeness (QED) is 0.339. The lowest BCUT2D eigenvalue weighted by atomic mass is 10.0. The molecule has 0 N–H and O–H groups in total. The van der Waals surface area contributed by atoms with E-state index in [1.165, 1.54) is 16.0 Å². The van der Waals surface area contributed by atoms with Crippen LogP contribution < -0.4 is 0 Å². The average Bonchev–Trinajstić information content (AvgIpc) is 2.93. The molecule has 0 aliphatic rings.